The van der Waals surface area contributed by atoms with Gasteiger partial charge in [0.05, 0.1) is 28.7 Å². The third-order valence-corrected chi connectivity index (χ3v) is 3.81. The lowest BCUT2D eigenvalue weighted by atomic mass is 10.2. The molecule has 0 aliphatic rings. The fourth-order valence-corrected chi connectivity index (χ4v) is 2.60. The Morgan fingerprint density at radius 2 is 2.14 bits per heavy atom. The van der Waals surface area contributed by atoms with E-state index in [1.165, 1.54) is 4.90 Å². The average Bonchev–Trinajstić information content (AvgIpc) is 2.90. The average molecular weight is 345 g/mol. The Morgan fingerprint density at radius 1 is 1.33 bits per heavy atom. The Morgan fingerprint density at radius 3 is 2.90 bits per heavy atom. The van der Waals surface area contributed by atoms with Gasteiger partial charge in [-0.3, -0.25) is 4.79 Å². The first-order valence-electron chi connectivity index (χ1n) is 6.33. The molecule has 2 aromatic heterocycles. The number of halogens is 1. The zero-order chi connectivity index (χ0) is 15.0. The second kappa shape index (κ2) is 5.21. The molecule has 21 heavy (non-hydrogen) atoms. The smallest absolute Gasteiger partial charge is 0.261 e. The first-order chi connectivity index (χ1) is 10.1. The summed E-state index contributed by atoms with van der Waals surface area (Å²) < 4.78 is 2.55. The van der Waals surface area contributed by atoms with Gasteiger partial charge in [0.15, 0.2) is 0 Å². The Balaban J connectivity index is 2.01. The lowest BCUT2D eigenvalue weighted by molar-refractivity contribution is 0.0994. The standard InChI is InChI=1S/C15H13BrN4O/c1-19(14-6-5-10(16)8-12(14)17)15(21)11-9-18-20-7-3-2-4-13(11)20/h2-9H,17H2,1H3. The highest BCUT2D eigenvalue weighted by molar-refractivity contribution is 9.10. The third kappa shape index (κ3) is 2.38. The van der Waals surface area contributed by atoms with Gasteiger partial charge in [0.25, 0.3) is 5.91 Å². The van der Waals surface area contributed by atoms with Crippen molar-refractivity contribution >= 4 is 38.7 Å². The predicted octanol–water partition coefficient (Wildman–Crippen LogP) is 2.96. The van der Waals surface area contributed by atoms with Crippen LogP contribution in [0.1, 0.15) is 10.4 Å². The van der Waals surface area contributed by atoms with E-state index in [1.54, 1.807) is 30.0 Å². The van der Waals surface area contributed by atoms with Gasteiger partial charge in [-0.15, -0.1) is 0 Å². The molecule has 2 N–H and O–H groups in total. The summed E-state index contributed by atoms with van der Waals surface area (Å²) in [7, 11) is 1.70. The molecule has 2 heterocycles. The van der Waals surface area contributed by atoms with Crippen LogP contribution in [-0.4, -0.2) is 22.6 Å². The van der Waals surface area contributed by atoms with E-state index < -0.39 is 0 Å². The molecule has 0 fully saturated rings. The number of aromatic nitrogens is 2. The van der Waals surface area contributed by atoms with Gasteiger partial charge in [-0.25, -0.2) is 4.52 Å². The van der Waals surface area contributed by atoms with Crippen molar-refractivity contribution in [3.63, 3.8) is 0 Å². The molecule has 0 spiro atoms. The van der Waals surface area contributed by atoms with Gasteiger partial charge in [-0.2, -0.15) is 5.10 Å². The van der Waals surface area contributed by atoms with E-state index in [4.69, 9.17) is 5.73 Å². The predicted molar refractivity (Wildman–Crippen MR) is 86.5 cm³/mol. The molecular weight excluding hydrogens is 332 g/mol. The van der Waals surface area contributed by atoms with Crippen molar-refractivity contribution in [1.82, 2.24) is 9.61 Å². The van der Waals surface area contributed by atoms with Crippen molar-refractivity contribution in [3.05, 3.63) is 58.8 Å². The van der Waals surface area contributed by atoms with Crippen molar-refractivity contribution in [2.45, 2.75) is 0 Å². The number of hydrogen-bond donors (Lipinski definition) is 1. The minimum absolute atomic E-state index is 0.148. The molecule has 0 bridgehead atoms. The normalized spacial score (nSPS) is 10.8. The fourth-order valence-electron chi connectivity index (χ4n) is 2.22. The van der Waals surface area contributed by atoms with Crippen LogP contribution in [0.25, 0.3) is 5.52 Å². The molecule has 0 saturated heterocycles. The van der Waals surface area contributed by atoms with Gasteiger partial charge in [-0.1, -0.05) is 22.0 Å². The van der Waals surface area contributed by atoms with Crippen molar-refractivity contribution in [1.29, 1.82) is 0 Å². The molecule has 6 heteroatoms. The van der Waals surface area contributed by atoms with Crippen LogP contribution >= 0.6 is 15.9 Å². The van der Waals surface area contributed by atoms with Gasteiger partial charge in [-0.05, 0) is 30.3 Å². The lowest BCUT2D eigenvalue weighted by Crippen LogP contribution is -2.26. The molecule has 3 rings (SSSR count). The lowest BCUT2D eigenvalue weighted by Gasteiger charge is -2.19. The number of pyridine rings is 1. The number of benzene rings is 1. The number of amides is 1. The number of fused-ring (bicyclic) bond motifs is 1. The number of nitrogens with two attached hydrogens (primary N) is 1. The van der Waals surface area contributed by atoms with Crippen LogP contribution in [0.4, 0.5) is 11.4 Å². The highest BCUT2D eigenvalue weighted by Crippen LogP contribution is 2.27. The molecule has 0 atom stereocenters. The topological polar surface area (TPSA) is 63.6 Å². The highest BCUT2D eigenvalue weighted by atomic mass is 79.9. The van der Waals surface area contributed by atoms with Gasteiger partial charge >= 0.3 is 0 Å². The monoisotopic (exact) mass is 344 g/mol. The summed E-state index contributed by atoms with van der Waals surface area (Å²) in [6.45, 7) is 0. The summed E-state index contributed by atoms with van der Waals surface area (Å²) in [6, 6.07) is 11.0. The summed E-state index contributed by atoms with van der Waals surface area (Å²) in [6.07, 6.45) is 3.38. The number of hydrogen-bond acceptors (Lipinski definition) is 3. The number of nitrogen functional groups attached to an aromatic ring is 1. The summed E-state index contributed by atoms with van der Waals surface area (Å²) in [5.41, 5.74) is 8.50. The summed E-state index contributed by atoms with van der Waals surface area (Å²) in [5, 5.41) is 4.18. The van der Waals surface area contributed by atoms with Crippen molar-refractivity contribution in [2.75, 3.05) is 17.7 Å². The molecule has 0 aliphatic heterocycles. The Bertz CT molecular complexity index is 827. The number of anilines is 2. The van der Waals surface area contributed by atoms with Crippen molar-refractivity contribution in [2.24, 2.45) is 0 Å². The second-order valence-corrected chi connectivity index (χ2v) is 5.57. The zero-order valence-corrected chi connectivity index (χ0v) is 12.9. The summed E-state index contributed by atoms with van der Waals surface area (Å²) in [5.74, 6) is -0.148. The van der Waals surface area contributed by atoms with Gasteiger partial charge in [0.2, 0.25) is 0 Å². The molecule has 106 valence electrons. The maximum absolute atomic E-state index is 12.7. The van der Waals surface area contributed by atoms with Gasteiger partial charge in [0.1, 0.15) is 0 Å². The Hall–Kier alpha value is -2.34. The maximum Gasteiger partial charge on any atom is 0.261 e. The molecule has 0 saturated carbocycles. The summed E-state index contributed by atoms with van der Waals surface area (Å²) in [4.78, 5) is 14.2. The van der Waals surface area contributed by atoms with Gasteiger partial charge in [0, 0.05) is 17.7 Å². The van der Waals surface area contributed by atoms with Crippen molar-refractivity contribution in [3.8, 4) is 0 Å². The number of nitrogens with zero attached hydrogens (tertiary/aromatic N) is 3. The van der Waals surface area contributed by atoms with Crippen LogP contribution in [-0.2, 0) is 0 Å². The van der Waals surface area contributed by atoms with Crippen molar-refractivity contribution < 1.29 is 4.79 Å². The van der Waals surface area contributed by atoms with Crippen LogP contribution in [0.2, 0.25) is 0 Å². The van der Waals surface area contributed by atoms with E-state index >= 15 is 0 Å². The molecule has 5 nitrogen and oxygen atoms in total. The van der Waals surface area contributed by atoms with Crippen LogP contribution < -0.4 is 10.6 Å². The number of carbonyl (C=O) groups is 1. The first-order valence-corrected chi connectivity index (χ1v) is 7.12. The molecular formula is C15H13BrN4O. The van der Waals surface area contributed by atoms with E-state index in [2.05, 4.69) is 21.0 Å². The number of carbonyl (C=O) groups excluding carboxylic acids is 1. The Kier molecular flexibility index (Phi) is 3.39. The highest BCUT2D eigenvalue weighted by Gasteiger charge is 2.19. The maximum atomic E-state index is 12.7. The molecule has 1 aromatic carbocycles. The first kappa shape index (κ1) is 13.6. The second-order valence-electron chi connectivity index (χ2n) is 4.66. The quantitative estimate of drug-likeness (QED) is 0.727. The van der Waals surface area contributed by atoms with E-state index in [-0.39, 0.29) is 5.91 Å². The largest absolute Gasteiger partial charge is 0.397 e. The van der Waals surface area contributed by atoms with Gasteiger partial charge < -0.3 is 10.6 Å². The van der Waals surface area contributed by atoms with E-state index in [0.29, 0.717) is 16.9 Å². The van der Waals surface area contributed by atoms with Crippen LogP contribution in [0.5, 0.6) is 0 Å². The molecule has 3 aromatic rings. The molecule has 0 aliphatic carbocycles. The molecule has 0 unspecified atom stereocenters. The Labute approximate surface area is 130 Å². The van der Waals surface area contributed by atoms with E-state index in [0.717, 1.165) is 9.99 Å². The van der Waals surface area contributed by atoms with E-state index in [1.807, 2.05) is 30.3 Å². The van der Waals surface area contributed by atoms with Crippen LogP contribution in [0, 0.1) is 0 Å². The third-order valence-electron chi connectivity index (χ3n) is 3.31. The fraction of sp³-hybridized carbons (Fsp3) is 0.0667. The zero-order valence-electron chi connectivity index (χ0n) is 11.3. The molecule has 1 amide bonds. The van der Waals surface area contributed by atoms with Crippen LogP contribution in [0.3, 0.4) is 0 Å². The molecule has 0 radical (unpaired) electrons. The van der Waals surface area contributed by atoms with E-state index in [9.17, 15) is 4.79 Å². The minimum atomic E-state index is -0.148. The minimum Gasteiger partial charge on any atom is -0.397 e. The van der Waals surface area contributed by atoms with Crippen LogP contribution in [0.15, 0.2) is 53.3 Å². The number of rotatable bonds is 2. The summed E-state index contributed by atoms with van der Waals surface area (Å²) >= 11 is 3.36. The SMILES string of the molecule is CN(C(=O)c1cnn2ccccc12)c1ccc(Br)cc1N.